The Labute approximate surface area is 144 Å². The first-order valence-corrected chi connectivity index (χ1v) is 7.68. The van der Waals surface area contributed by atoms with Crippen LogP contribution in [0.15, 0.2) is 36.5 Å². The van der Waals surface area contributed by atoms with E-state index in [1.165, 1.54) is 14.2 Å². The Morgan fingerprint density at radius 1 is 1.36 bits per heavy atom. The number of anilines is 2. The van der Waals surface area contributed by atoms with Gasteiger partial charge in [-0.05, 0) is 29.8 Å². The monoisotopic (exact) mass is 345 g/mol. The summed E-state index contributed by atoms with van der Waals surface area (Å²) in [6, 6.07) is 8.87. The molecule has 0 saturated carbocycles. The molecule has 2 aromatic rings. The summed E-state index contributed by atoms with van der Waals surface area (Å²) < 4.78 is 5.20. The predicted molar refractivity (Wildman–Crippen MR) is 90.7 cm³/mol. The van der Waals surface area contributed by atoms with Gasteiger partial charge in [0.1, 0.15) is 24.1 Å². The fourth-order valence-corrected chi connectivity index (χ4v) is 2.81. The summed E-state index contributed by atoms with van der Waals surface area (Å²) >= 11 is 0. The van der Waals surface area contributed by atoms with Crippen LogP contribution in [0.3, 0.4) is 0 Å². The zero-order valence-corrected chi connectivity index (χ0v) is 13.9. The van der Waals surface area contributed by atoms with Crippen LogP contribution in [0.4, 0.5) is 11.5 Å². The summed E-state index contributed by atoms with van der Waals surface area (Å²) in [4.78, 5) is 27.4. The molecule has 1 aromatic carbocycles. The van der Waals surface area contributed by atoms with Crippen molar-refractivity contribution in [3.63, 3.8) is 0 Å². The third-order valence-corrected chi connectivity index (χ3v) is 3.97. The van der Waals surface area contributed by atoms with Gasteiger partial charge >= 0.3 is 5.97 Å². The fraction of sp³-hybridized carbons (Fsp3) is 0.294. The smallest absolute Gasteiger partial charge is 0.339 e. The molecule has 3 rings (SSSR count). The fourth-order valence-electron chi connectivity index (χ4n) is 2.81. The number of aromatic nitrogens is 1. The first kappa shape index (κ1) is 17.0. The van der Waals surface area contributed by atoms with E-state index in [0.717, 1.165) is 17.1 Å². The molecule has 1 aliphatic heterocycles. The first-order chi connectivity index (χ1) is 12.1. The SMILES string of the molecule is COOCC1Nc2ncccc2N1Cc1ccc(C(=O)O)c(OC)c1. The molecule has 1 aromatic heterocycles. The number of rotatable bonds is 7. The maximum absolute atomic E-state index is 11.2. The number of hydrogen-bond donors (Lipinski definition) is 2. The third kappa shape index (κ3) is 3.49. The summed E-state index contributed by atoms with van der Waals surface area (Å²) in [6.07, 6.45) is 1.56. The van der Waals surface area contributed by atoms with E-state index in [-0.39, 0.29) is 11.7 Å². The van der Waals surface area contributed by atoms with E-state index in [4.69, 9.17) is 14.5 Å². The van der Waals surface area contributed by atoms with Crippen molar-refractivity contribution in [2.24, 2.45) is 0 Å². The van der Waals surface area contributed by atoms with E-state index in [0.29, 0.717) is 18.9 Å². The Bertz CT molecular complexity index is 768. The summed E-state index contributed by atoms with van der Waals surface area (Å²) in [5, 5.41) is 12.5. The lowest BCUT2D eigenvalue weighted by molar-refractivity contribution is -0.273. The molecule has 1 unspecified atom stereocenters. The van der Waals surface area contributed by atoms with Crippen LogP contribution in [0, 0.1) is 0 Å². The minimum Gasteiger partial charge on any atom is -0.496 e. The molecule has 0 amide bonds. The van der Waals surface area contributed by atoms with Gasteiger partial charge in [0.05, 0.1) is 19.9 Å². The van der Waals surface area contributed by atoms with Crippen LogP contribution >= 0.6 is 0 Å². The highest BCUT2D eigenvalue weighted by Gasteiger charge is 2.30. The van der Waals surface area contributed by atoms with Crippen LogP contribution < -0.4 is 15.0 Å². The Morgan fingerprint density at radius 2 is 2.20 bits per heavy atom. The maximum Gasteiger partial charge on any atom is 0.339 e. The van der Waals surface area contributed by atoms with Crippen LogP contribution in [0.5, 0.6) is 5.75 Å². The molecule has 1 aliphatic rings. The summed E-state index contributed by atoms with van der Waals surface area (Å²) in [5.41, 5.74) is 1.98. The average Bonchev–Trinajstić information content (AvgIpc) is 2.97. The van der Waals surface area contributed by atoms with Crippen molar-refractivity contribution in [3.8, 4) is 5.75 Å². The minimum atomic E-state index is -1.02. The van der Waals surface area contributed by atoms with Gasteiger partial charge in [0, 0.05) is 12.7 Å². The van der Waals surface area contributed by atoms with Crippen LogP contribution in [0.25, 0.3) is 0 Å². The molecule has 2 heterocycles. The summed E-state index contributed by atoms with van der Waals surface area (Å²) in [7, 11) is 2.91. The maximum atomic E-state index is 11.2. The Balaban J connectivity index is 1.87. The number of nitrogens with one attached hydrogen (secondary N) is 1. The van der Waals surface area contributed by atoms with E-state index in [2.05, 4.69) is 15.2 Å². The first-order valence-electron chi connectivity index (χ1n) is 7.68. The zero-order valence-electron chi connectivity index (χ0n) is 13.9. The second-order valence-corrected chi connectivity index (χ2v) is 5.45. The van der Waals surface area contributed by atoms with Gasteiger partial charge in [0.25, 0.3) is 0 Å². The van der Waals surface area contributed by atoms with Crippen molar-refractivity contribution in [3.05, 3.63) is 47.7 Å². The van der Waals surface area contributed by atoms with Crippen LogP contribution in [-0.4, -0.2) is 43.1 Å². The molecular formula is C17H19N3O5. The number of ether oxygens (including phenoxy) is 1. The molecule has 2 N–H and O–H groups in total. The van der Waals surface area contributed by atoms with Crippen molar-refractivity contribution in [1.82, 2.24) is 4.98 Å². The average molecular weight is 345 g/mol. The molecule has 8 heteroatoms. The van der Waals surface area contributed by atoms with Gasteiger partial charge in [-0.15, -0.1) is 0 Å². The van der Waals surface area contributed by atoms with Gasteiger partial charge in [-0.25, -0.2) is 19.6 Å². The molecular weight excluding hydrogens is 326 g/mol. The van der Waals surface area contributed by atoms with E-state index in [1.54, 1.807) is 24.4 Å². The second-order valence-electron chi connectivity index (χ2n) is 5.45. The summed E-state index contributed by atoms with van der Waals surface area (Å²) in [5.74, 6) is 0.0711. The van der Waals surface area contributed by atoms with E-state index in [9.17, 15) is 9.90 Å². The number of aromatic carboxylic acids is 1. The largest absolute Gasteiger partial charge is 0.496 e. The number of carbonyl (C=O) groups is 1. The molecule has 0 spiro atoms. The molecule has 0 bridgehead atoms. The number of carboxylic acid groups (broad SMARTS) is 1. The molecule has 0 aliphatic carbocycles. The van der Waals surface area contributed by atoms with Gasteiger partial charge in [-0.2, -0.15) is 0 Å². The minimum absolute atomic E-state index is 0.132. The molecule has 8 nitrogen and oxygen atoms in total. The highest BCUT2D eigenvalue weighted by atomic mass is 17.2. The van der Waals surface area contributed by atoms with Gasteiger partial charge in [-0.3, -0.25) is 0 Å². The summed E-state index contributed by atoms with van der Waals surface area (Å²) in [6.45, 7) is 0.830. The third-order valence-electron chi connectivity index (χ3n) is 3.97. The van der Waals surface area contributed by atoms with Crippen molar-refractivity contribution in [1.29, 1.82) is 0 Å². The van der Waals surface area contributed by atoms with E-state index < -0.39 is 5.97 Å². The number of pyridine rings is 1. The number of benzene rings is 1. The Hall–Kier alpha value is -2.84. The number of carboxylic acids is 1. The normalized spacial score (nSPS) is 15.6. The van der Waals surface area contributed by atoms with Crippen molar-refractivity contribution in [2.75, 3.05) is 31.0 Å². The molecule has 132 valence electrons. The topological polar surface area (TPSA) is 93.2 Å². The molecule has 0 radical (unpaired) electrons. The molecule has 1 atom stereocenters. The Morgan fingerprint density at radius 3 is 2.92 bits per heavy atom. The van der Waals surface area contributed by atoms with Gasteiger partial charge in [0.15, 0.2) is 5.82 Å². The zero-order chi connectivity index (χ0) is 17.8. The van der Waals surface area contributed by atoms with Gasteiger partial charge in [0.2, 0.25) is 0 Å². The highest BCUT2D eigenvalue weighted by molar-refractivity contribution is 5.91. The van der Waals surface area contributed by atoms with Gasteiger partial charge < -0.3 is 20.1 Å². The highest BCUT2D eigenvalue weighted by Crippen LogP contribution is 2.34. The lowest BCUT2D eigenvalue weighted by Gasteiger charge is -2.26. The molecule has 25 heavy (non-hydrogen) atoms. The standard InChI is InChI=1S/C17H19N3O5/c1-23-14-8-11(5-6-12(14)17(21)22)9-20-13-4-3-7-18-16(13)19-15(20)10-25-24-2/h3-8,15H,9-10H2,1-2H3,(H,18,19)(H,21,22). The molecule has 0 saturated heterocycles. The van der Waals surface area contributed by atoms with Crippen LogP contribution in [0.1, 0.15) is 15.9 Å². The predicted octanol–water partition coefficient (Wildman–Crippen LogP) is 2.12. The van der Waals surface area contributed by atoms with Crippen molar-refractivity contribution in [2.45, 2.75) is 12.7 Å². The van der Waals surface area contributed by atoms with Crippen LogP contribution in [-0.2, 0) is 16.3 Å². The number of nitrogens with zero attached hydrogens (tertiary/aromatic N) is 2. The lowest BCUT2D eigenvalue weighted by Crippen LogP contribution is -2.39. The van der Waals surface area contributed by atoms with Gasteiger partial charge in [-0.1, -0.05) is 6.07 Å². The number of fused-ring (bicyclic) bond motifs is 1. The number of methoxy groups -OCH3 is 1. The quantitative estimate of drug-likeness (QED) is 0.582. The second kappa shape index (κ2) is 7.37. The van der Waals surface area contributed by atoms with E-state index in [1.807, 2.05) is 12.1 Å². The molecule has 0 fully saturated rings. The van der Waals surface area contributed by atoms with Crippen LogP contribution in [0.2, 0.25) is 0 Å². The Kier molecular flexibility index (Phi) is 5.01. The van der Waals surface area contributed by atoms with Crippen molar-refractivity contribution >= 4 is 17.5 Å². The van der Waals surface area contributed by atoms with E-state index >= 15 is 0 Å². The van der Waals surface area contributed by atoms with Crippen molar-refractivity contribution < 1.29 is 24.4 Å². The lowest BCUT2D eigenvalue weighted by atomic mass is 10.1. The number of hydrogen-bond acceptors (Lipinski definition) is 7.